The van der Waals surface area contributed by atoms with Gasteiger partial charge < -0.3 is 20.3 Å². The van der Waals surface area contributed by atoms with E-state index in [1.54, 1.807) is 11.8 Å². The third-order valence-electron chi connectivity index (χ3n) is 5.79. The summed E-state index contributed by atoms with van der Waals surface area (Å²) in [5.41, 5.74) is 3.32. The number of ether oxygens (including phenoxy) is 1. The van der Waals surface area contributed by atoms with Gasteiger partial charge in [-0.25, -0.2) is 9.48 Å². The van der Waals surface area contributed by atoms with Crippen LogP contribution in [0.25, 0.3) is 5.69 Å². The van der Waals surface area contributed by atoms with Crippen molar-refractivity contribution in [1.82, 2.24) is 14.7 Å². The first kappa shape index (κ1) is 26.8. The highest BCUT2D eigenvalue weighted by molar-refractivity contribution is 5.96. The Hall–Kier alpha value is -3.81. The molecule has 0 fully saturated rings. The molecule has 2 aromatic carbocycles. The van der Waals surface area contributed by atoms with Crippen LogP contribution in [0.3, 0.4) is 0 Å². The molecule has 3 aromatic rings. The average molecular weight is 492 g/mol. The highest BCUT2D eigenvalue weighted by atomic mass is 16.5. The Labute approximate surface area is 213 Å². The molecule has 0 atom stereocenters. The van der Waals surface area contributed by atoms with Crippen molar-refractivity contribution in [1.29, 1.82) is 0 Å². The largest absolute Gasteiger partial charge is 0.497 e. The van der Waals surface area contributed by atoms with Gasteiger partial charge in [0.1, 0.15) is 18.1 Å². The molecule has 8 heteroatoms. The fraction of sp³-hybridized carbons (Fsp3) is 0.393. The van der Waals surface area contributed by atoms with Crippen LogP contribution in [-0.4, -0.2) is 46.8 Å². The monoisotopic (exact) mass is 491 g/mol. The summed E-state index contributed by atoms with van der Waals surface area (Å²) in [5.74, 6) is 0.982. The number of amides is 3. The van der Waals surface area contributed by atoms with E-state index in [9.17, 15) is 9.59 Å². The molecule has 36 heavy (non-hydrogen) atoms. The summed E-state index contributed by atoms with van der Waals surface area (Å²) in [6.07, 6.45) is 1.66. The van der Waals surface area contributed by atoms with E-state index in [4.69, 9.17) is 9.84 Å². The molecule has 0 aliphatic rings. The van der Waals surface area contributed by atoms with Crippen LogP contribution in [0, 0.1) is 0 Å². The maximum absolute atomic E-state index is 13.1. The van der Waals surface area contributed by atoms with Crippen molar-refractivity contribution in [2.75, 3.05) is 30.8 Å². The predicted octanol–water partition coefficient (Wildman–Crippen LogP) is 5.62. The van der Waals surface area contributed by atoms with Gasteiger partial charge in [-0.3, -0.25) is 4.79 Å². The second-order valence-electron chi connectivity index (χ2n) is 9.73. The normalized spacial score (nSPS) is 11.2. The fourth-order valence-corrected chi connectivity index (χ4v) is 3.66. The Kier molecular flexibility index (Phi) is 8.74. The van der Waals surface area contributed by atoms with Gasteiger partial charge in [-0.15, -0.1) is 0 Å². The molecular formula is C28H37N5O3. The van der Waals surface area contributed by atoms with Crippen LogP contribution in [0.2, 0.25) is 0 Å². The summed E-state index contributed by atoms with van der Waals surface area (Å²) < 4.78 is 6.97. The summed E-state index contributed by atoms with van der Waals surface area (Å²) in [5, 5.41) is 10.6. The molecular weight excluding hydrogens is 454 g/mol. The number of hydrogen-bond acceptors (Lipinski definition) is 4. The van der Waals surface area contributed by atoms with Crippen molar-refractivity contribution >= 4 is 23.4 Å². The minimum Gasteiger partial charge on any atom is -0.497 e. The third kappa shape index (κ3) is 6.87. The summed E-state index contributed by atoms with van der Waals surface area (Å²) in [6.45, 7) is 10.6. The second-order valence-corrected chi connectivity index (χ2v) is 9.73. The van der Waals surface area contributed by atoms with Gasteiger partial charge in [0.05, 0.1) is 18.5 Å². The zero-order valence-corrected chi connectivity index (χ0v) is 22.1. The Balaban J connectivity index is 1.77. The molecule has 1 heterocycles. The fourth-order valence-electron chi connectivity index (χ4n) is 3.66. The smallest absolute Gasteiger partial charge is 0.322 e. The topological polar surface area (TPSA) is 88.5 Å². The highest BCUT2D eigenvalue weighted by Crippen LogP contribution is 2.27. The van der Waals surface area contributed by atoms with Gasteiger partial charge in [-0.05, 0) is 54.8 Å². The van der Waals surface area contributed by atoms with Crippen LogP contribution >= 0.6 is 0 Å². The number of carbonyl (C=O) groups is 2. The lowest BCUT2D eigenvalue weighted by Crippen LogP contribution is -2.41. The molecule has 0 radical (unpaired) electrons. The summed E-state index contributed by atoms with van der Waals surface area (Å²) in [7, 11) is 1.62. The first-order valence-electron chi connectivity index (χ1n) is 12.3. The molecule has 0 unspecified atom stereocenters. The Bertz CT molecular complexity index is 1160. The second kappa shape index (κ2) is 11.7. The molecule has 0 aliphatic carbocycles. The van der Waals surface area contributed by atoms with Crippen molar-refractivity contribution in [3.8, 4) is 11.4 Å². The predicted molar refractivity (Wildman–Crippen MR) is 144 cm³/mol. The molecule has 0 saturated heterocycles. The first-order chi connectivity index (χ1) is 17.1. The minimum atomic E-state index is -0.310. The van der Waals surface area contributed by atoms with E-state index in [-0.39, 0.29) is 23.9 Å². The minimum absolute atomic E-state index is 0.0780. The van der Waals surface area contributed by atoms with E-state index in [1.807, 2.05) is 61.5 Å². The van der Waals surface area contributed by atoms with Crippen LogP contribution in [0.4, 0.5) is 16.3 Å². The van der Waals surface area contributed by atoms with Gasteiger partial charge in [0.2, 0.25) is 5.91 Å². The Morgan fingerprint density at radius 1 is 1.00 bits per heavy atom. The number of rotatable bonds is 9. The summed E-state index contributed by atoms with van der Waals surface area (Å²) in [6, 6.07) is 16.8. The van der Waals surface area contributed by atoms with Gasteiger partial charge in [-0.2, -0.15) is 5.10 Å². The van der Waals surface area contributed by atoms with Crippen LogP contribution in [0.15, 0.2) is 54.6 Å². The number of nitrogens with one attached hydrogen (secondary N) is 2. The van der Waals surface area contributed by atoms with Crippen LogP contribution in [-0.2, 0) is 16.6 Å². The third-order valence-corrected chi connectivity index (χ3v) is 5.79. The maximum atomic E-state index is 13.1. The molecule has 0 spiro atoms. The van der Waals surface area contributed by atoms with Gasteiger partial charge in [-0.1, -0.05) is 46.8 Å². The molecule has 1 aromatic heterocycles. The number of nitrogens with zero attached hydrogens (tertiary/aromatic N) is 3. The number of aromatic nitrogens is 2. The van der Waals surface area contributed by atoms with E-state index in [0.717, 1.165) is 30.0 Å². The number of methoxy groups -OCH3 is 1. The van der Waals surface area contributed by atoms with E-state index in [1.165, 1.54) is 10.5 Å². The first-order valence-corrected chi connectivity index (χ1v) is 12.3. The van der Waals surface area contributed by atoms with Crippen molar-refractivity contribution in [3.63, 3.8) is 0 Å². The SMILES string of the molecule is CCCN(CC(=O)Nc1cc(C(C)(C)C)nn1-c1ccc(OC)cc1)C(=O)Nc1ccc(CC)cc1. The Morgan fingerprint density at radius 2 is 1.67 bits per heavy atom. The van der Waals surface area contributed by atoms with Crippen molar-refractivity contribution in [3.05, 3.63) is 65.9 Å². The molecule has 3 rings (SSSR count). The lowest BCUT2D eigenvalue weighted by molar-refractivity contribution is -0.116. The van der Waals surface area contributed by atoms with Crippen molar-refractivity contribution in [2.45, 2.75) is 52.9 Å². The van der Waals surface area contributed by atoms with Crippen LogP contribution in [0.5, 0.6) is 5.75 Å². The summed E-state index contributed by atoms with van der Waals surface area (Å²) in [4.78, 5) is 27.5. The molecule has 3 amide bonds. The van der Waals surface area contributed by atoms with Crippen molar-refractivity contribution in [2.24, 2.45) is 0 Å². The molecule has 0 aliphatic heterocycles. The van der Waals surface area contributed by atoms with Gasteiger partial charge in [0.15, 0.2) is 0 Å². The number of benzene rings is 2. The van der Waals surface area contributed by atoms with Crippen LogP contribution < -0.4 is 15.4 Å². The molecule has 2 N–H and O–H groups in total. The zero-order chi connectivity index (χ0) is 26.3. The Morgan fingerprint density at radius 3 is 2.22 bits per heavy atom. The molecule has 0 bridgehead atoms. The highest BCUT2D eigenvalue weighted by Gasteiger charge is 2.23. The molecule has 8 nitrogen and oxygen atoms in total. The molecule has 0 saturated carbocycles. The number of hydrogen-bond donors (Lipinski definition) is 2. The molecule has 192 valence electrons. The lowest BCUT2D eigenvalue weighted by Gasteiger charge is -2.22. The van der Waals surface area contributed by atoms with E-state index in [0.29, 0.717) is 18.1 Å². The number of aryl methyl sites for hydroxylation is 1. The number of urea groups is 1. The van der Waals surface area contributed by atoms with Gasteiger partial charge in [0.25, 0.3) is 0 Å². The van der Waals surface area contributed by atoms with Gasteiger partial charge >= 0.3 is 6.03 Å². The number of anilines is 2. The maximum Gasteiger partial charge on any atom is 0.322 e. The van der Waals surface area contributed by atoms with E-state index < -0.39 is 0 Å². The van der Waals surface area contributed by atoms with E-state index >= 15 is 0 Å². The van der Waals surface area contributed by atoms with E-state index in [2.05, 4.69) is 38.3 Å². The zero-order valence-electron chi connectivity index (χ0n) is 22.1. The van der Waals surface area contributed by atoms with Crippen LogP contribution in [0.1, 0.15) is 52.3 Å². The number of carbonyl (C=O) groups excluding carboxylic acids is 2. The average Bonchev–Trinajstić information content (AvgIpc) is 3.28. The summed E-state index contributed by atoms with van der Waals surface area (Å²) >= 11 is 0. The van der Waals surface area contributed by atoms with Gasteiger partial charge in [0, 0.05) is 23.7 Å². The standard InChI is InChI=1S/C28H37N5O3/c1-7-17-32(27(35)29-21-11-9-20(8-2)10-12-21)19-26(34)30-25-18-24(28(3,4)5)31-33(25)22-13-15-23(36-6)16-14-22/h9-16,18H,7-8,17,19H2,1-6H3,(H,29,35)(H,30,34). The quantitative estimate of drug-likeness (QED) is 0.406. The van der Waals surface area contributed by atoms with Crippen molar-refractivity contribution < 1.29 is 14.3 Å². The lowest BCUT2D eigenvalue weighted by atomic mass is 9.92.